The number of allylic oxidation sites excluding steroid dienone is 1. The summed E-state index contributed by atoms with van der Waals surface area (Å²) in [7, 11) is 0. The third-order valence-corrected chi connectivity index (χ3v) is 3.26. The fourth-order valence-electron chi connectivity index (χ4n) is 1.54. The van der Waals surface area contributed by atoms with Gasteiger partial charge in [0.1, 0.15) is 0 Å². The normalized spacial score (nSPS) is 11.3. The Labute approximate surface area is 110 Å². The zero-order valence-corrected chi connectivity index (χ0v) is 11.1. The van der Waals surface area contributed by atoms with Gasteiger partial charge in [-0.3, -0.25) is 10.1 Å². The van der Waals surface area contributed by atoms with Crippen LogP contribution in [0.25, 0.3) is 5.57 Å². The molecule has 1 amide bonds. The molecular weight excluding hydrogens is 244 g/mol. The molecule has 0 bridgehead atoms. The predicted molar refractivity (Wildman–Crippen MR) is 75.6 cm³/mol. The Morgan fingerprint density at radius 3 is 2.67 bits per heavy atom. The number of rotatable bonds is 3. The van der Waals surface area contributed by atoms with Crippen molar-refractivity contribution in [2.45, 2.75) is 13.8 Å². The van der Waals surface area contributed by atoms with E-state index in [0.717, 1.165) is 16.0 Å². The van der Waals surface area contributed by atoms with E-state index in [-0.39, 0.29) is 5.91 Å². The summed E-state index contributed by atoms with van der Waals surface area (Å²) >= 11 is 1.47. The first kappa shape index (κ1) is 12.5. The van der Waals surface area contributed by atoms with Crippen LogP contribution in [-0.4, -0.2) is 10.9 Å². The Morgan fingerprint density at radius 1 is 1.33 bits per heavy atom. The summed E-state index contributed by atoms with van der Waals surface area (Å²) in [5, 5.41) is 3.39. The van der Waals surface area contributed by atoms with E-state index in [2.05, 4.69) is 10.3 Å². The molecule has 1 N–H and O–H groups in total. The lowest BCUT2D eigenvalue weighted by Crippen LogP contribution is -2.08. The van der Waals surface area contributed by atoms with E-state index >= 15 is 0 Å². The summed E-state index contributed by atoms with van der Waals surface area (Å²) in [6, 6.07) is 9.82. The number of anilines is 1. The summed E-state index contributed by atoms with van der Waals surface area (Å²) in [5.74, 6) is -0.147. The van der Waals surface area contributed by atoms with Gasteiger partial charge in [-0.05, 0) is 25.0 Å². The third-order valence-electron chi connectivity index (χ3n) is 2.43. The van der Waals surface area contributed by atoms with Crippen LogP contribution < -0.4 is 5.32 Å². The van der Waals surface area contributed by atoms with E-state index in [1.54, 1.807) is 12.3 Å². The standard InChI is InChI=1S/C14H14N2OS/c1-10(12-6-4-3-5-7-12)8-13(17)16-14-15-9-11(2)18-14/h3-9H,1-2H3,(H,15,16,17). The molecule has 0 radical (unpaired) electrons. The number of hydrogen-bond donors (Lipinski definition) is 1. The van der Waals surface area contributed by atoms with Crippen LogP contribution in [0, 0.1) is 6.92 Å². The van der Waals surface area contributed by atoms with Crippen LogP contribution in [0.15, 0.2) is 42.6 Å². The van der Waals surface area contributed by atoms with Gasteiger partial charge in [0.15, 0.2) is 5.13 Å². The van der Waals surface area contributed by atoms with Crippen molar-refractivity contribution in [2.24, 2.45) is 0 Å². The number of nitrogens with one attached hydrogen (secondary N) is 1. The molecule has 0 saturated carbocycles. The average molecular weight is 258 g/mol. The van der Waals surface area contributed by atoms with Crippen LogP contribution in [0.4, 0.5) is 5.13 Å². The number of carbonyl (C=O) groups is 1. The van der Waals surface area contributed by atoms with E-state index in [1.165, 1.54) is 11.3 Å². The van der Waals surface area contributed by atoms with E-state index in [4.69, 9.17) is 0 Å². The van der Waals surface area contributed by atoms with Crippen LogP contribution in [0.2, 0.25) is 0 Å². The molecule has 0 aliphatic heterocycles. The third kappa shape index (κ3) is 3.28. The molecule has 2 rings (SSSR count). The molecule has 0 spiro atoms. The zero-order chi connectivity index (χ0) is 13.0. The fourth-order valence-corrected chi connectivity index (χ4v) is 2.20. The van der Waals surface area contributed by atoms with Gasteiger partial charge in [-0.1, -0.05) is 30.3 Å². The molecule has 92 valence electrons. The van der Waals surface area contributed by atoms with Crippen LogP contribution in [0.5, 0.6) is 0 Å². The molecule has 2 aromatic rings. The number of amides is 1. The van der Waals surface area contributed by atoms with Crippen molar-refractivity contribution in [1.29, 1.82) is 0 Å². The van der Waals surface area contributed by atoms with E-state index in [1.807, 2.05) is 44.2 Å². The van der Waals surface area contributed by atoms with Gasteiger partial charge in [0, 0.05) is 17.2 Å². The van der Waals surface area contributed by atoms with E-state index < -0.39 is 0 Å². The Kier molecular flexibility index (Phi) is 3.89. The molecule has 0 unspecified atom stereocenters. The highest BCUT2D eigenvalue weighted by atomic mass is 32.1. The molecule has 0 fully saturated rings. The minimum atomic E-state index is -0.147. The molecule has 0 atom stereocenters. The first-order valence-corrected chi connectivity index (χ1v) is 6.44. The number of aryl methyl sites for hydroxylation is 1. The number of carbonyl (C=O) groups excluding carboxylic acids is 1. The summed E-state index contributed by atoms with van der Waals surface area (Å²) < 4.78 is 0. The van der Waals surface area contributed by atoms with Crippen molar-refractivity contribution < 1.29 is 4.79 Å². The van der Waals surface area contributed by atoms with Crippen LogP contribution in [0.1, 0.15) is 17.4 Å². The maximum Gasteiger partial charge on any atom is 0.250 e. The summed E-state index contributed by atoms with van der Waals surface area (Å²) in [6.45, 7) is 3.88. The monoisotopic (exact) mass is 258 g/mol. The molecule has 18 heavy (non-hydrogen) atoms. The van der Waals surface area contributed by atoms with Crippen molar-refractivity contribution in [3.05, 3.63) is 53.0 Å². The first-order chi connectivity index (χ1) is 8.65. The van der Waals surface area contributed by atoms with E-state index in [0.29, 0.717) is 5.13 Å². The Balaban J connectivity index is 2.06. The zero-order valence-electron chi connectivity index (χ0n) is 10.3. The van der Waals surface area contributed by atoms with Gasteiger partial charge in [0.25, 0.3) is 0 Å². The predicted octanol–water partition coefficient (Wildman–Crippen LogP) is 3.49. The van der Waals surface area contributed by atoms with Crippen molar-refractivity contribution in [3.8, 4) is 0 Å². The van der Waals surface area contributed by atoms with E-state index in [9.17, 15) is 4.79 Å². The lowest BCUT2D eigenvalue weighted by Gasteiger charge is -2.01. The highest BCUT2D eigenvalue weighted by Gasteiger charge is 2.03. The van der Waals surface area contributed by atoms with Gasteiger partial charge in [0.2, 0.25) is 5.91 Å². The summed E-state index contributed by atoms with van der Waals surface area (Å²) in [5.41, 5.74) is 1.98. The minimum Gasteiger partial charge on any atom is -0.298 e. The SMILES string of the molecule is CC(=CC(=O)Nc1ncc(C)s1)c1ccccc1. The van der Waals surface area contributed by atoms with Gasteiger partial charge in [-0.2, -0.15) is 0 Å². The molecule has 3 nitrogen and oxygen atoms in total. The molecular formula is C14H14N2OS. The van der Waals surface area contributed by atoms with Crippen LogP contribution >= 0.6 is 11.3 Å². The highest BCUT2D eigenvalue weighted by molar-refractivity contribution is 7.15. The second-order valence-corrected chi connectivity index (χ2v) is 5.19. The minimum absolute atomic E-state index is 0.147. The lowest BCUT2D eigenvalue weighted by molar-refractivity contribution is -0.111. The maximum atomic E-state index is 11.8. The molecule has 0 aliphatic rings. The smallest absolute Gasteiger partial charge is 0.250 e. The molecule has 1 aromatic heterocycles. The van der Waals surface area contributed by atoms with Gasteiger partial charge >= 0.3 is 0 Å². The van der Waals surface area contributed by atoms with Gasteiger partial charge in [-0.15, -0.1) is 11.3 Å². The lowest BCUT2D eigenvalue weighted by atomic mass is 10.1. The van der Waals surface area contributed by atoms with Gasteiger partial charge < -0.3 is 0 Å². The number of nitrogens with zero attached hydrogens (tertiary/aromatic N) is 1. The second kappa shape index (κ2) is 5.60. The Bertz CT molecular complexity index is 572. The number of benzene rings is 1. The Morgan fingerprint density at radius 2 is 2.06 bits per heavy atom. The highest BCUT2D eigenvalue weighted by Crippen LogP contribution is 2.17. The van der Waals surface area contributed by atoms with Gasteiger partial charge in [0.05, 0.1) is 0 Å². The summed E-state index contributed by atoms with van der Waals surface area (Å²) in [4.78, 5) is 17.0. The fraction of sp³-hybridized carbons (Fsp3) is 0.143. The average Bonchev–Trinajstić information content (AvgIpc) is 2.75. The Hall–Kier alpha value is -1.94. The number of thiazole rings is 1. The number of aromatic nitrogens is 1. The quantitative estimate of drug-likeness (QED) is 0.856. The molecule has 4 heteroatoms. The van der Waals surface area contributed by atoms with Crippen molar-refractivity contribution >= 4 is 27.9 Å². The van der Waals surface area contributed by atoms with Crippen molar-refractivity contribution in [1.82, 2.24) is 4.98 Å². The molecule has 0 saturated heterocycles. The van der Waals surface area contributed by atoms with Crippen LogP contribution in [0.3, 0.4) is 0 Å². The first-order valence-electron chi connectivity index (χ1n) is 5.62. The van der Waals surface area contributed by atoms with Crippen molar-refractivity contribution in [2.75, 3.05) is 5.32 Å². The molecule has 0 aliphatic carbocycles. The number of hydrogen-bond acceptors (Lipinski definition) is 3. The topological polar surface area (TPSA) is 42.0 Å². The molecule has 1 heterocycles. The summed E-state index contributed by atoms with van der Waals surface area (Å²) in [6.07, 6.45) is 3.33. The second-order valence-electron chi connectivity index (χ2n) is 3.96. The largest absolute Gasteiger partial charge is 0.298 e. The van der Waals surface area contributed by atoms with Gasteiger partial charge in [-0.25, -0.2) is 4.98 Å². The van der Waals surface area contributed by atoms with Crippen LogP contribution in [-0.2, 0) is 4.79 Å². The molecule has 1 aromatic carbocycles. The van der Waals surface area contributed by atoms with Crippen molar-refractivity contribution in [3.63, 3.8) is 0 Å². The maximum absolute atomic E-state index is 11.8.